The SMILES string of the molecule is CCCCCCCCCC/C=C\CCCCCCCCCCCCCCCCCCCCCCCCCCCCCC(=O)NC(COC1OC(CO)C(OC2OC(CO)C(OC3OC(CO)C(O)C(O)C3O)C(O)C2O)C(O)C1O)C(O)CCCCCCCCCCCCCCCCCCCCCCCC. The second-order valence-corrected chi connectivity index (χ2v) is 32.4. The molecule has 3 aliphatic rings. The highest BCUT2D eigenvalue weighted by atomic mass is 16.8. The Morgan fingerprint density at radius 2 is 0.594 bits per heavy atom. The van der Waals surface area contributed by atoms with Gasteiger partial charge in [0.05, 0.1) is 38.6 Å². The smallest absolute Gasteiger partial charge is 0.220 e. The fourth-order valence-corrected chi connectivity index (χ4v) is 15.7. The summed E-state index contributed by atoms with van der Waals surface area (Å²) in [5, 5.41) is 121. The average Bonchev–Trinajstić information content (AvgIpc) is 0.780. The third kappa shape index (κ3) is 46.6. The molecule has 3 fully saturated rings. The predicted molar refractivity (Wildman–Crippen MR) is 425 cm³/mol. The molecule has 19 heteroatoms. The summed E-state index contributed by atoms with van der Waals surface area (Å²) in [6.45, 7) is 1.88. The minimum atomic E-state index is -1.97. The van der Waals surface area contributed by atoms with Crippen LogP contribution in [0.4, 0.5) is 0 Å². The largest absolute Gasteiger partial charge is 0.394 e. The maximum Gasteiger partial charge on any atom is 0.220 e. The summed E-state index contributed by atoms with van der Waals surface area (Å²) in [5.41, 5.74) is 0. The van der Waals surface area contributed by atoms with Gasteiger partial charge in [0.1, 0.15) is 73.2 Å². The third-order valence-corrected chi connectivity index (χ3v) is 22.8. The van der Waals surface area contributed by atoms with Crippen molar-refractivity contribution in [1.82, 2.24) is 5.32 Å². The van der Waals surface area contributed by atoms with Crippen LogP contribution < -0.4 is 5.32 Å². The topological polar surface area (TPSA) is 307 Å². The van der Waals surface area contributed by atoms with Crippen molar-refractivity contribution in [3.8, 4) is 0 Å². The van der Waals surface area contributed by atoms with Crippen LogP contribution in [-0.2, 0) is 33.2 Å². The van der Waals surface area contributed by atoms with Crippen molar-refractivity contribution in [3.05, 3.63) is 12.2 Å². The zero-order valence-corrected chi connectivity index (χ0v) is 67.7. The Bertz CT molecular complexity index is 1960. The first kappa shape index (κ1) is 98.7. The zero-order chi connectivity index (χ0) is 76.7. The molecule has 3 saturated heterocycles. The highest BCUT2D eigenvalue weighted by Gasteiger charge is 2.54. The Morgan fingerprint density at radius 1 is 0.330 bits per heavy atom. The normalized spacial score (nSPS) is 25.6. The molecule has 19 nitrogen and oxygen atoms in total. The van der Waals surface area contributed by atoms with Gasteiger partial charge in [0, 0.05) is 6.42 Å². The summed E-state index contributed by atoms with van der Waals surface area (Å²) in [7, 11) is 0. The van der Waals surface area contributed by atoms with E-state index in [1.54, 1.807) is 0 Å². The number of aliphatic hydroxyl groups excluding tert-OH is 11. The number of ether oxygens (including phenoxy) is 6. The lowest BCUT2D eigenvalue weighted by atomic mass is 9.96. The van der Waals surface area contributed by atoms with Crippen molar-refractivity contribution in [1.29, 1.82) is 0 Å². The fourth-order valence-electron chi connectivity index (χ4n) is 15.7. The van der Waals surface area contributed by atoms with Gasteiger partial charge in [-0.2, -0.15) is 0 Å². The monoisotopic (exact) mass is 1510 g/mol. The summed E-state index contributed by atoms with van der Waals surface area (Å²) < 4.78 is 34.6. The molecule has 17 atom stereocenters. The van der Waals surface area contributed by atoms with Gasteiger partial charge < -0.3 is 89.9 Å². The number of unbranched alkanes of at least 4 members (excludes halogenated alkanes) is 56. The van der Waals surface area contributed by atoms with Crippen LogP contribution in [0, 0.1) is 0 Å². The number of nitrogens with one attached hydrogen (secondary N) is 1. The fraction of sp³-hybridized carbons (Fsp3) is 0.966. The molecule has 3 heterocycles. The van der Waals surface area contributed by atoms with E-state index in [-0.39, 0.29) is 18.9 Å². The van der Waals surface area contributed by atoms with Gasteiger partial charge in [-0.25, -0.2) is 0 Å². The molecule has 1 amide bonds. The molecule has 0 aromatic carbocycles. The lowest BCUT2D eigenvalue weighted by Gasteiger charge is -2.48. The van der Waals surface area contributed by atoms with Crippen LogP contribution >= 0.6 is 0 Å². The Balaban J connectivity index is 1.29. The Morgan fingerprint density at radius 3 is 0.915 bits per heavy atom. The molecule has 3 aliphatic heterocycles. The Kier molecular flexibility index (Phi) is 63.3. The van der Waals surface area contributed by atoms with E-state index in [1.807, 2.05) is 0 Å². The number of rotatable bonds is 74. The molecule has 0 aliphatic carbocycles. The minimum absolute atomic E-state index is 0.232. The summed E-state index contributed by atoms with van der Waals surface area (Å²) in [6, 6.07) is -0.885. The highest BCUT2D eigenvalue weighted by Crippen LogP contribution is 2.34. The molecule has 106 heavy (non-hydrogen) atoms. The molecule has 0 radical (unpaired) electrons. The first-order valence-corrected chi connectivity index (χ1v) is 44.9. The van der Waals surface area contributed by atoms with Gasteiger partial charge in [0.2, 0.25) is 5.91 Å². The van der Waals surface area contributed by atoms with Crippen molar-refractivity contribution in [2.24, 2.45) is 0 Å². The van der Waals surface area contributed by atoms with Crippen LogP contribution in [0.25, 0.3) is 0 Å². The zero-order valence-electron chi connectivity index (χ0n) is 67.7. The molecule has 12 N–H and O–H groups in total. The average molecular weight is 1520 g/mol. The van der Waals surface area contributed by atoms with Gasteiger partial charge >= 0.3 is 0 Å². The van der Waals surface area contributed by atoms with Gasteiger partial charge in [0.25, 0.3) is 0 Å². The Hall–Kier alpha value is -1.47. The second-order valence-electron chi connectivity index (χ2n) is 32.4. The van der Waals surface area contributed by atoms with E-state index < -0.39 is 124 Å². The minimum Gasteiger partial charge on any atom is -0.394 e. The van der Waals surface area contributed by atoms with Crippen molar-refractivity contribution in [2.45, 2.75) is 510 Å². The Labute approximate surface area is 646 Å². The lowest BCUT2D eigenvalue weighted by Crippen LogP contribution is -2.66. The number of aliphatic hydroxyl groups is 11. The van der Waals surface area contributed by atoms with Crippen LogP contribution in [0.15, 0.2) is 12.2 Å². The summed E-state index contributed by atoms with van der Waals surface area (Å²) >= 11 is 0. The summed E-state index contributed by atoms with van der Waals surface area (Å²) in [4.78, 5) is 13.5. The van der Waals surface area contributed by atoms with Crippen LogP contribution in [0.3, 0.4) is 0 Å². The molecular formula is C87H167NO18. The number of amides is 1. The van der Waals surface area contributed by atoms with Crippen LogP contribution in [-0.4, -0.2) is 193 Å². The number of carbonyl (C=O) groups excluding carboxylic acids is 1. The first-order valence-electron chi connectivity index (χ1n) is 44.9. The van der Waals surface area contributed by atoms with Gasteiger partial charge in [-0.05, 0) is 38.5 Å². The predicted octanol–water partition coefficient (Wildman–Crippen LogP) is 16.7. The number of carbonyl (C=O) groups is 1. The van der Waals surface area contributed by atoms with E-state index in [0.717, 1.165) is 44.9 Å². The molecule has 0 aromatic rings. The second kappa shape index (κ2) is 68.0. The molecular weight excluding hydrogens is 1350 g/mol. The molecule has 3 rings (SSSR count). The molecule has 0 spiro atoms. The molecule has 0 saturated carbocycles. The van der Waals surface area contributed by atoms with Crippen LogP contribution in [0.1, 0.15) is 406 Å². The van der Waals surface area contributed by atoms with Gasteiger partial charge in [0.15, 0.2) is 18.9 Å². The van der Waals surface area contributed by atoms with Crippen LogP contribution in [0.2, 0.25) is 0 Å². The quantitative estimate of drug-likeness (QED) is 0.0199. The van der Waals surface area contributed by atoms with Crippen molar-refractivity contribution >= 4 is 5.91 Å². The first-order chi connectivity index (χ1) is 51.8. The van der Waals surface area contributed by atoms with Crippen molar-refractivity contribution < 1.29 is 89.4 Å². The van der Waals surface area contributed by atoms with E-state index >= 15 is 0 Å². The highest BCUT2D eigenvalue weighted by molar-refractivity contribution is 5.76. The van der Waals surface area contributed by atoms with Gasteiger partial charge in [-0.15, -0.1) is 0 Å². The third-order valence-electron chi connectivity index (χ3n) is 22.8. The van der Waals surface area contributed by atoms with Crippen molar-refractivity contribution in [2.75, 3.05) is 26.4 Å². The van der Waals surface area contributed by atoms with E-state index in [9.17, 15) is 61.0 Å². The van der Waals surface area contributed by atoms with Gasteiger partial charge in [-0.3, -0.25) is 4.79 Å². The number of hydrogen-bond donors (Lipinski definition) is 12. The van der Waals surface area contributed by atoms with Gasteiger partial charge in [-0.1, -0.05) is 373 Å². The lowest BCUT2D eigenvalue weighted by molar-refractivity contribution is -0.379. The molecule has 628 valence electrons. The number of hydrogen-bond acceptors (Lipinski definition) is 18. The molecule has 0 bridgehead atoms. The summed E-state index contributed by atoms with van der Waals surface area (Å²) in [6.07, 6.45) is 56.2. The van der Waals surface area contributed by atoms with E-state index in [0.29, 0.717) is 12.8 Å². The van der Waals surface area contributed by atoms with Crippen LogP contribution in [0.5, 0.6) is 0 Å². The molecule has 0 aromatic heterocycles. The maximum absolute atomic E-state index is 13.5. The van der Waals surface area contributed by atoms with E-state index in [1.165, 1.54) is 327 Å². The van der Waals surface area contributed by atoms with Crippen molar-refractivity contribution in [3.63, 3.8) is 0 Å². The summed E-state index contributed by atoms with van der Waals surface area (Å²) in [5.74, 6) is -0.232. The van der Waals surface area contributed by atoms with E-state index in [2.05, 4.69) is 31.3 Å². The molecule has 17 unspecified atom stereocenters. The van der Waals surface area contributed by atoms with E-state index in [4.69, 9.17) is 28.4 Å². The number of allylic oxidation sites excluding steroid dienone is 2. The standard InChI is InChI=1S/C87H167NO18/c1-3-5-7-9-11-13-15-17-19-21-23-25-27-28-29-30-31-32-33-34-35-36-37-38-39-40-41-42-43-45-47-49-51-53-55-57-59-61-63-65-75(93)88-70(71(92)64-62-60-58-56-54-52-50-48-46-44-26-24-22-20-18-16-14-12-10-8-6-4-2)69-101-85-81(99)78(96)83(73(67-90)103-85)106-87-82(100)79(97)84(74(68-91)104-87)105-86-80(98)77(95)76(94)72(66-89)102-86/h21,23,70-74,76-87,89-92,94-100H,3-20,22,24-69H2,1-2H3,(H,88,93)/b23-21-. The maximum atomic E-state index is 13.5.